The van der Waals surface area contributed by atoms with Gasteiger partial charge >= 0.3 is 0 Å². The highest BCUT2D eigenvalue weighted by Crippen LogP contribution is 2.32. The van der Waals surface area contributed by atoms with Crippen LogP contribution in [0.4, 0.5) is 0 Å². The molecule has 11 nitrogen and oxygen atoms in total. The lowest BCUT2D eigenvalue weighted by molar-refractivity contribution is -0.882. The lowest BCUT2D eigenvalue weighted by atomic mass is 10.1. The van der Waals surface area contributed by atoms with Crippen molar-refractivity contribution in [2.24, 2.45) is 7.05 Å². The van der Waals surface area contributed by atoms with Crippen molar-refractivity contribution in [3.8, 4) is 17.1 Å². The first kappa shape index (κ1) is 25.3. The number of aryl methyl sites for hydroxylation is 2. The molecule has 0 radical (unpaired) electrons. The largest absolute Gasteiger partial charge is 0.633 e. The first-order valence-corrected chi connectivity index (χ1v) is 13.4. The molecular formula is C23H32N6O5S. The van der Waals surface area contributed by atoms with Gasteiger partial charge in [0.05, 0.1) is 55.5 Å². The zero-order valence-corrected chi connectivity index (χ0v) is 21.4. The van der Waals surface area contributed by atoms with Gasteiger partial charge in [0.15, 0.2) is 5.52 Å². The summed E-state index contributed by atoms with van der Waals surface area (Å²) >= 11 is 0. The molecule has 0 aliphatic carbocycles. The predicted molar refractivity (Wildman–Crippen MR) is 132 cm³/mol. The number of nitrogens with zero attached hydrogens (tertiary/aromatic N) is 5. The molecule has 4 rings (SSSR count). The van der Waals surface area contributed by atoms with Gasteiger partial charge in [0.25, 0.3) is 5.56 Å². The number of sulfonamides is 1. The molecule has 0 unspecified atom stereocenters. The number of hydrogen-bond donors (Lipinski definition) is 1. The predicted octanol–water partition coefficient (Wildman–Crippen LogP) is 2.01. The number of quaternary nitrogens is 1. The molecule has 0 bridgehead atoms. The number of piperazine rings is 1. The van der Waals surface area contributed by atoms with Gasteiger partial charge in [-0.2, -0.15) is 9.40 Å². The van der Waals surface area contributed by atoms with Crippen molar-refractivity contribution in [3.05, 3.63) is 39.5 Å². The topological polar surface area (TPSA) is 133 Å². The standard InChI is InChI=1S/C23H32N6O5S/c1-5-8-18-20-21(27(4)26-18)23(30)25-22(24-20)17-15-16(9-10-19(17)34-7-3)35(32,33)28-11-13-29(31,6-2)14-12-28/h9-10,15H,5-8,11-14H2,1-4H3,(H,24,25,30). The number of ether oxygens (including phenoxy) is 1. The van der Waals surface area contributed by atoms with Gasteiger partial charge in [0.2, 0.25) is 10.0 Å². The molecule has 1 fully saturated rings. The van der Waals surface area contributed by atoms with Crippen LogP contribution in [-0.2, 0) is 23.5 Å². The van der Waals surface area contributed by atoms with Gasteiger partial charge in [0.1, 0.15) is 17.1 Å². The number of nitrogens with one attached hydrogen (secondary N) is 1. The van der Waals surface area contributed by atoms with Crippen LogP contribution in [0.1, 0.15) is 32.9 Å². The van der Waals surface area contributed by atoms with Gasteiger partial charge in [-0.3, -0.25) is 9.48 Å². The van der Waals surface area contributed by atoms with E-state index in [2.05, 4.69) is 15.1 Å². The van der Waals surface area contributed by atoms with Gasteiger partial charge in [-0.15, -0.1) is 0 Å². The first-order valence-electron chi connectivity index (χ1n) is 11.9. The average Bonchev–Trinajstić information content (AvgIpc) is 3.15. The number of rotatable bonds is 8. The fraction of sp³-hybridized carbons (Fsp3) is 0.522. The Morgan fingerprint density at radius 2 is 1.91 bits per heavy atom. The van der Waals surface area contributed by atoms with Crippen molar-refractivity contribution in [1.82, 2.24) is 24.1 Å². The average molecular weight is 505 g/mol. The molecular weight excluding hydrogens is 472 g/mol. The van der Waals surface area contributed by atoms with Crippen LogP contribution in [0.15, 0.2) is 27.9 Å². The minimum Gasteiger partial charge on any atom is -0.633 e. The normalized spacial score (nSPS) is 16.6. The molecule has 0 amide bonds. The summed E-state index contributed by atoms with van der Waals surface area (Å²) in [5, 5.41) is 17.0. The molecule has 1 saturated heterocycles. The Labute approximate surface area is 204 Å². The van der Waals surface area contributed by atoms with Crippen molar-refractivity contribution in [1.29, 1.82) is 0 Å². The monoisotopic (exact) mass is 504 g/mol. The van der Waals surface area contributed by atoms with E-state index in [1.165, 1.54) is 21.1 Å². The fourth-order valence-electron chi connectivity index (χ4n) is 4.43. The van der Waals surface area contributed by atoms with Crippen molar-refractivity contribution in [2.45, 2.75) is 38.5 Å². The Bertz CT molecular complexity index is 1390. The molecule has 1 aromatic carbocycles. The molecule has 3 heterocycles. The Hall–Kier alpha value is -2.80. The zero-order chi connectivity index (χ0) is 25.4. The van der Waals surface area contributed by atoms with E-state index in [1.54, 1.807) is 13.1 Å². The molecule has 0 atom stereocenters. The number of fused-ring (bicyclic) bond motifs is 1. The van der Waals surface area contributed by atoms with Crippen molar-refractivity contribution < 1.29 is 17.8 Å². The summed E-state index contributed by atoms with van der Waals surface area (Å²) in [6, 6.07) is 4.55. The highest BCUT2D eigenvalue weighted by atomic mass is 32.2. The lowest BCUT2D eigenvalue weighted by Crippen LogP contribution is -2.57. The molecule has 35 heavy (non-hydrogen) atoms. The van der Waals surface area contributed by atoms with Gasteiger partial charge in [-0.1, -0.05) is 13.3 Å². The number of benzene rings is 1. The Morgan fingerprint density at radius 3 is 2.54 bits per heavy atom. The molecule has 190 valence electrons. The third-order valence-corrected chi connectivity index (χ3v) is 8.38. The van der Waals surface area contributed by atoms with Crippen LogP contribution in [0.3, 0.4) is 0 Å². The molecule has 2 aromatic heterocycles. The second kappa shape index (κ2) is 9.69. The van der Waals surface area contributed by atoms with E-state index in [-0.39, 0.29) is 42.5 Å². The third kappa shape index (κ3) is 4.70. The van der Waals surface area contributed by atoms with E-state index < -0.39 is 14.7 Å². The van der Waals surface area contributed by atoms with E-state index in [9.17, 15) is 18.4 Å². The molecule has 1 aliphatic rings. The Morgan fingerprint density at radius 1 is 1.20 bits per heavy atom. The van der Waals surface area contributed by atoms with Gasteiger partial charge < -0.3 is 19.6 Å². The molecule has 0 spiro atoms. The summed E-state index contributed by atoms with van der Waals surface area (Å²) in [5.74, 6) is 0.628. The number of hydrogen-bond acceptors (Lipinski definition) is 7. The van der Waals surface area contributed by atoms with Crippen LogP contribution in [0.5, 0.6) is 5.75 Å². The minimum atomic E-state index is -3.86. The summed E-state index contributed by atoms with van der Waals surface area (Å²) in [5.41, 5.74) is 1.57. The van der Waals surface area contributed by atoms with E-state index in [1.807, 2.05) is 20.8 Å². The van der Waals surface area contributed by atoms with E-state index in [0.29, 0.717) is 47.6 Å². The highest BCUT2D eigenvalue weighted by molar-refractivity contribution is 7.89. The number of H-pyrrole nitrogens is 1. The second-order valence-corrected chi connectivity index (χ2v) is 10.7. The summed E-state index contributed by atoms with van der Waals surface area (Å²) in [7, 11) is -2.16. The SMILES string of the molecule is CCCc1nn(C)c2c(=O)[nH]c(-c3cc(S(=O)(=O)N4CC[N+]([O-])(CC)CC4)ccc3OCC)nc12. The quantitative estimate of drug-likeness (QED) is 0.366. The zero-order valence-electron chi connectivity index (χ0n) is 20.6. The lowest BCUT2D eigenvalue weighted by Gasteiger charge is -2.47. The summed E-state index contributed by atoms with van der Waals surface area (Å²) in [6.45, 7) is 7.16. The number of aromatic nitrogens is 4. The van der Waals surface area contributed by atoms with Crippen LogP contribution < -0.4 is 10.3 Å². The van der Waals surface area contributed by atoms with Crippen molar-refractivity contribution >= 4 is 21.1 Å². The number of hydroxylamine groups is 3. The van der Waals surface area contributed by atoms with E-state index in [0.717, 1.165) is 6.42 Å². The van der Waals surface area contributed by atoms with Crippen LogP contribution in [0, 0.1) is 5.21 Å². The molecule has 1 aliphatic heterocycles. The Kier molecular flexibility index (Phi) is 7.00. The molecule has 12 heteroatoms. The smallest absolute Gasteiger partial charge is 0.277 e. The van der Waals surface area contributed by atoms with Crippen LogP contribution in [0.2, 0.25) is 0 Å². The summed E-state index contributed by atoms with van der Waals surface area (Å²) in [6.07, 6.45) is 1.50. The Balaban J connectivity index is 1.80. The van der Waals surface area contributed by atoms with Gasteiger partial charge in [-0.25, -0.2) is 13.4 Å². The summed E-state index contributed by atoms with van der Waals surface area (Å²) < 4.78 is 35.1. The van der Waals surface area contributed by atoms with Gasteiger partial charge in [-0.05, 0) is 38.5 Å². The van der Waals surface area contributed by atoms with Crippen LogP contribution in [-0.4, -0.2) is 76.4 Å². The van der Waals surface area contributed by atoms with Crippen molar-refractivity contribution in [2.75, 3.05) is 39.3 Å². The third-order valence-electron chi connectivity index (χ3n) is 6.48. The molecule has 0 saturated carbocycles. The number of likely N-dealkylation sites (N-methyl/N-ethyl adjacent to an activating group) is 1. The van der Waals surface area contributed by atoms with Gasteiger partial charge in [0, 0.05) is 7.05 Å². The maximum atomic E-state index is 13.4. The molecule has 1 N–H and O–H groups in total. The first-order chi connectivity index (χ1) is 16.6. The fourth-order valence-corrected chi connectivity index (χ4v) is 5.88. The maximum Gasteiger partial charge on any atom is 0.277 e. The second-order valence-electron chi connectivity index (χ2n) is 8.75. The van der Waals surface area contributed by atoms with Crippen molar-refractivity contribution in [3.63, 3.8) is 0 Å². The number of aromatic amines is 1. The highest BCUT2D eigenvalue weighted by Gasteiger charge is 2.33. The van der Waals surface area contributed by atoms with E-state index >= 15 is 0 Å². The molecule has 3 aromatic rings. The van der Waals surface area contributed by atoms with E-state index in [4.69, 9.17) is 4.74 Å². The summed E-state index contributed by atoms with van der Waals surface area (Å²) in [4.78, 5) is 20.5. The maximum absolute atomic E-state index is 13.4. The minimum absolute atomic E-state index is 0.0565. The van der Waals surface area contributed by atoms with Crippen LogP contribution in [0.25, 0.3) is 22.4 Å². The van der Waals surface area contributed by atoms with Crippen LogP contribution >= 0.6 is 0 Å².